The van der Waals surface area contributed by atoms with Crippen LogP contribution in [0.3, 0.4) is 0 Å². The Balaban J connectivity index is 2.02. The van der Waals surface area contributed by atoms with E-state index in [0.717, 1.165) is 32.1 Å². The first-order valence-corrected chi connectivity index (χ1v) is 8.59. The molecule has 4 unspecified atom stereocenters. The normalized spacial score (nSPS) is 40.9. The van der Waals surface area contributed by atoms with Gasteiger partial charge in [-0.25, -0.2) is 0 Å². The molecule has 0 aromatic heterocycles. The van der Waals surface area contributed by atoms with Crippen molar-refractivity contribution in [3.05, 3.63) is 35.5 Å². The molecule has 3 aliphatic carbocycles. The summed E-state index contributed by atoms with van der Waals surface area (Å²) in [7, 11) is 0. The third-order valence-electron chi connectivity index (χ3n) is 6.84. The van der Waals surface area contributed by atoms with E-state index < -0.39 is 11.4 Å². The summed E-state index contributed by atoms with van der Waals surface area (Å²) < 4.78 is 0. The Morgan fingerprint density at radius 2 is 2.09 bits per heavy atom. The molecule has 2 nitrogen and oxygen atoms in total. The van der Waals surface area contributed by atoms with Gasteiger partial charge in [0.25, 0.3) is 0 Å². The summed E-state index contributed by atoms with van der Waals surface area (Å²) in [5.74, 6) is 0.183. The van der Waals surface area contributed by atoms with Crippen molar-refractivity contribution in [2.45, 2.75) is 59.3 Å². The predicted molar refractivity (Wildman–Crippen MR) is 89.5 cm³/mol. The van der Waals surface area contributed by atoms with E-state index in [1.807, 2.05) is 6.92 Å². The lowest BCUT2D eigenvalue weighted by molar-refractivity contribution is -0.162. The third kappa shape index (κ3) is 2.11. The summed E-state index contributed by atoms with van der Waals surface area (Å²) >= 11 is 0. The molecule has 1 saturated carbocycles. The number of fused-ring (bicyclic) bond motifs is 3. The second-order valence-electron chi connectivity index (χ2n) is 8.12. The first-order valence-electron chi connectivity index (χ1n) is 8.59. The van der Waals surface area contributed by atoms with Crippen molar-refractivity contribution in [3.8, 4) is 0 Å². The lowest BCUT2D eigenvalue weighted by Crippen LogP contribution is -2.52. The number of hydrogen-bond donors (Lipinski definition) is 1. The van der Waals surface area contributed by atoms with E-state index in [4.69, 9.17) is 0 Å². The minimum absolute atomic E-state index is 0.132. The molecule has 0 saturated heterocycles. The van der Waals surface area contributed by atoms with Gasteiger partial charge in [-0.15, -0.1) is 0 Å². The van der Waals surface area contributed by atoms with Crippen molar-refractivity contribution in [3.63, 3.8) is 0 Å². The maximum absolute atomic E-state index is 11.9. The van der Waals surface area contributed by atoms with Crippen LogP contribution in [0, 0.1) is 22.7 Å². The van der Waals surface area contributed by atoms with Crippen LogP contribution in [0.4, 0.5) is 0 Å². The summed E-state index contributed by atoms with van der Waals surface area (Å²) in [6.07, 6.45) is 10.8. The highest BCUT2D eigenvalue weighted by Crippen LogP contribution is 2.62. The van der Waals surface area contributed by atoms with Crippen molar-refractivity contribution < 1.29 is 9.90 Å². The Labute approximate surface area is 134 Å². The van der Waals surface area contributed by atoms with Crippen LogP contribution in [0.1, 0.15) is 59.3 Å². The van der Waals surface area contributed by atoms with Crippen molar-refractivity contribution in [2.75, 3.05) is 0 Å². The van der Waals surface area contributed by atoms with E-state index in [2.05, 4.69) is 32.6 Å². The van der Waals surface area contributed by atoms with Crippen LogP contribution in [0.25, 0.3) is 0 Å². The van der Waals surface area contributed by atoms with Crippen LogP contribution >= 0.6 is 0 Å². The Hall–Kier alpha value is -1.31. The number of carbonyl (C=O) groups is 1. The molecule has 0 aliphatic heterocycles. The van der Waals surface area contributed by atoms with E-state index in [-0.39, 0.29) is 11.3 Å². The highest BCUT2D eigenvalue weighted by atomic mass is 16.4. The average Bonchev–Trinajstić information content (AvgIpc) is 2.46. The zero-order valence-corrected chi connectivity index (χ0v) is 14.1. The van der Waals surface area contributed by atoms with Gasteiger partial charge in [0, 0.05) is 0 Å². The summed E-state index contributed by atoms with van der Waals surface area (Å²) in [5, 5.41) is 9.82. The minimum Gasteiger partial charge on any atom is -0.481 e. The lowest BCUT2D eigenvalue weighted by Gasteiger charge is -2.57. The summed E-state index contributed by atoms with van der Waals surface area (Å²) in [5.41, 5.74) is 3.56. The molecule has 1 N–H and O–H groups in total. The van der Waals surface area contributed by atoms with Crippen LogP contribution < -0.4 is 0 Å². The summed E-state index contributed by atoms with van der Waals surface area (Å²) in [6, 6.07) is 0. The molecule has 4 atom stereocenters. The largest absolute Gasteiger partial charge is 0.481 e. The van der Waals surface area contributed by atoms with Gasteiger partial charge in [0.05, 0.1) is 5.41 Å². The molecule has 0 spiro atoms. The van der Waals surface area contributed by atoms with Gasteiger partial charge in [-0.2, -0.15) is 0 Å². The SMILES string of the molecule is C=C(C)C1=CC2=CCC3C(C)(C(=O)O)CCCC3(C)C2CC1. The Bertz CT molecular complexity index is 583. The lowest BCUT2D eigenvalue weighted by atomic mass is 9.47. The highest BCUT2D eigenvalue weighted by molar-refractivity contribution is 5.75. The van der Waals surface area contributed by atoms with Crippen molar-refractivity contribution in [1.29, 1.82) is 0 Å². The molecule has 0 amide bonds. The van der Waals surface area contributed by atoms with E-state index in [9.17, 15) is 9.90 Å². The number of aliphatic carboxylic acids is 1. The number of carboxylic acid groups (broad SMARTS) is 1. The molecule has 0 bridgehead atoms. The second kappa shape index (κ2) is 5.11. The Morgan fingerprint density at radius 3 is 2.73 bits per heavy atom. The molecular formula is C20H28O2. The van der Waals surface area contributed by atoms with E-state index in [1.54, 1.807) is 0 Å². The molecular weight excluding hydrogens is 272 g/mol. The van der Waals surface area contributed by atoms with Gasteiger partial charge in [-0.1, -0.05) is 37.6 Å². The number of allylic oxidation sites excluding steroid dienone is 5. The first kappa shape index (κ1) is 15.6. The maximum Gasteiger partial charge on any atom is 0.309 e. The molecule has 120 valence electrons. The summed E-state index contributed by atoms with van der Waals surface area (Å²) in [6.45, 7) is 10.5. The Kier molecular flexibility index (Phi) is 3.62. The third-order valence-corrected chi connectivity index (χ3v) is 6.84. The van der Waals surface area contributed by atoms with Crippen molar-refractivity contribution in [2.24, 2.45) is 22.7 Å². The molecule has 0 heterocycles. The first-order chi connectivity index (χ1) is 10.3. The van der Waals surface area contributed by atoms with E-state index in [1.165, 1.54) is 23.1 Å². The molecule has 22 heavy (non-hydrogen) atoms. The van der Waals surface area contributed by atoms with Gasteiger partial charge in [0.1, 0.15) is 0 Å². The molecule has 3 rings (SSSR count). The monoisotopic (exact) mass is 300 g/mol. The fraction of sp³-hybridized carbons (Fsp3) is 0.650. The average molecular weight is 300 g/mol. The number of rotatable bonds is 2. The van der Waals surface area contributed by atoms with Crippen LogP contribution in [0.5, 0.6) is 0 Å². The second-order valence-corrected chi connectivity index (χ2v) is 8.12. The van der Waals surface area contributed by atoms with E-state index >= 15 is 0 Å². The highest BCUT2D eigenvalue weighted by Gasteiger charge is 2.57. The van der Waals surface area contributed by atoms with E-state index in [0.29, 0.717) is 5.92 Å². The fourth-order valence-corrected chi connectivity index (χ4v) is 5.46. The molecule has 0 radical (unpaired) electrons. The molecule has 0 aromatic carbocycles. The minimum atomic E-state index is -0.603. The van der Waals surface area contributed by atoms with Crippen LogP contribution in [-0.4, -0.2) is 11.1 Å². The van der Waals surface area contributed by atoms with Gasteiger partial charge in [-0.05, 0) is 74.3 Å². The Morgan fingerprint density at radius 1 is 1.36 bits per heavy atom. The fourth-order valence-electron chi connectivity index (χ4n) is 5.46. The summed E-state index contributed by atoms with van der Waals surface area (Å²) in [4.78, 5) is 11.9. The standard InChI is InChI=1S/C20H28O2/c1-13(2)14-6-8-16-15(12-14)7-9-17-19(16,3)10-5-11-20(17,4)18(21)22/h7,12,16-17H,1,5-6,8-11H2,2-4H3,(H,21,22). The van der Waals surface area contributed by atoms with Crippen LogP contribution in [0.15, 0.2) is 35.5 Å². The van der Waals surface area contributed by atoms with Crippen molar-refractivity contribution in [1.82, 2.24) is 0 Å². The van der Waals surface area contributed by atoms with Gasteiger partial charge >= 0.3 is 5.97 Å². The molecule has 1 fully saturated rings. The van der Waals surface area contributed by atoms with Gasteiger partial charge in [-0.3, -0.25) is 4.79 Å². The quantitative estimate of drug-likeness (QED) is 0.768. The van der Waals surface area contributed by atoms with Gasteiger partial charge in [0.15, 0.2) is 0 Å². The predicted octanol–water partition coefficient (Wildman–Crippen LogP) is 5.13. The number of carboxylic acids is 1. The van der Waals surface area contributed by atoms with Crippen LogP contribution in [0.2, 0.25) is 0 Å². The smallest absolute Gasteiger partial charge is 0.309 e. The number of hydrogen-bond acceptors (Lipinski definition) is 1. The van der Waals surface area contributed by atoms with Crippen LogP contribution in [-0.2, 0) is 4.79 Å². The molecule has 2 heteroatoms. The zero-order valence-electron chi connectivity index (χ0n) is 14.1. The maximum atomic E-state index is 11.9. The molecule has 3 aliphatic rings. The van der Waals surface area contributed by atoms with Gasteiger partial charge in [0.2, 0.25) is 0 Å². The molecule has 0 aromatic rings. The van der Waals surface area contributed by atoms with Gasteiger partial charge < -0.3 is 5.11 Å². The topological polar surface area (TPSA) is 37.3 Å². The van der Waals surface area contributed by atoms with Crippen molar-refractivity contribution >= 4 is 5.97 Å². The zero-order chi connectivity index (χ0) is 16.1.